The van der Waals surface area contributed by atoms with Crippen molar-refractivity contribution in [2.24, 2.45) is 0 Å². The quantitative estimate of drug-likeness (QED) is 0.136. The number of likely N-dealkylation sites (tertiary alicyclic amines) is 1. The van der Waals surface area contributed by atoms with Gasteiger partial charge in [0.15, 0.2) is 11.5 Å². The second kappa shape index (κ2) is 14.6. The molecule has 2 aliphatic heterocycles. The van der Waals surface area contributed by atoms with Gasteiger partial charge in [0, 0.05) is 37.7 Å². The van der Waals surface area contributed by atoms with Gasteiger partial charge in [0.25, 0.3) is 0 Å². The summed E-state index contributed by atoms with van der Waals surface area (Å²) in [7, 11) is 3.37. The van der Waals surface area contributed by atoms with Crippen LogP contribution in [0, 0.1) is 0 Å². The average Bonchev–Trinajstić information content (AvgIpc) is 3.60. The third-order valence-corrected chi connectivity index (χ3v) is 7.96. The van der Waals surface area contributed by atoms with Crippen molar-refractivity contribution < 1.29 is 23.7 Å². The Morgan fingerprint density at radius 3 is 2.52 bits per heavy atom. The number of rotatable bonds is 14. The van der Waals surface area contributed by atoms with Crippen molar-refractivity contribution in [3.8, 4) is 17.2 Å². The Labute approximate surface area is 244 Å². The molecule has 0 aromatic heterocycles. The molecule has 1 fully saturated rings. The number of ether oxygens (including phenoxy) is 5. The van der Waals surface area contributed by atoms with Crippen LogP contribution in [0.4, 0.5) is 0 Å². The molecule has 0 amide bonds. The molecule has 0 radical (unpaired) electrons. The van der Waals surface area contributed by atoms with Crippen LogP contribution in [0.25, 0.3) is 0 Å². The van der Waals surface area contributed by atoms with E-state index in [9.17, 15) is 0 Å². The molecule has 1 saturated heterocycles. The number of hydrogen-bond donors (Lipinski definition) is 0. The van der Waals surface area contributed by atoms with Gasteiger partial charge in [-0.3, -0.25) is 4.90 Å². The Balaban J connectivity index is 1.67. The third kappa shape index (κ3) is 7.22. The molecule has 4 rings (SSSR count). The van der Waals surface area contributed by atoms with E-state index in [1.807, 2.05) is 18.2 Å². The fourth-order valence-electron chi connectivity index (χ4n) is 5.71. The zero-order valence-electron chi connectivity index (χ0n) is 24.2. The van der Waals surface area contributed by atoms with Crippen LogP contribution in [-0.2, 0) is 28.9 Å². The normalized spacial score (nSPS) is 19.0. The maximum Gasteiger partial charge on any atom is 0.231 e. The van der Waals surface area contributed by atoms with Gasteiger partial charge in [-0.15, -0.1) is 0 Å². The lowest BCUT2D eigenvalue weighted by Gasteiger charge is -2.27. The summed E-state index contributed by atoms with van der Waals surface area (Å²) in [6.45, 7) is 11.2. The van der Waals surface area contributed by atoms with Gasteiger partial charge in [-0.25, -0.2) is 0 Å². The molecule has 2 aliphatic rings. The molecule has 2 atom stereocenters. The van der Waals surface area contributed by atoms with Crippen molar-refractivity contribution in [3.05, 3.63) is 88.2 Å². The van der Waals surface area contributed by atoms with E-state index >= 15 is 0 Å². The van der Waals surface area contributed by atoms with Crippen LogP contribution in [0.3, 0.4) is 0 Å². The molecule has 216 valence electrons. The van der Waals surface area contributed by atoms with Crippen LogP contribution in [0.2, 0.25) is 5.02 Å². The second-order valence-electron chi connectivity index (χ2n) is 10.2. The SMILES string of the molecule is C=C/C=C\C=C(/C[C@H]1C[C@@H](c2cc(OC)c3c(c2)OCO3)CN1Cc1c(CC)cc(Cl)cc1CC)OCCOC. The molecule has 0 bridgehead atoms. The Morgan fingerprint density at radius 2 is 1.85 bits per heavy atom. The van der Waals surface area contributed by atoms with E-state index in [1.54, 1.807) is 20.3 Å². The standard InChI is InChI=1S/C33H42ClNO5/c1-6-9-10-11-29(38-13-12-36-4)19-28-16-26(25-17-31(37-5)33-32(18-25)39-22-40-33)20-35(28)21-30-23(7-2)14-27(34)15-24(30)8-3/h6,9-11,14-15,17-18,26,28H,1,7-8,12-13,16,19-22H2,2-5H3/b10-9-,29-11+/t26-,28-/m1/s1. The van der Waals surface area contributed by atoms with Gasteiger partial charge >= 0.3 is 0 Å². The Kier molecular flexibility index (Phi) is 11.0. The van der Waals surface area contributed by atoms with Crippen molar-refractivity contribution in [2.45, 2.75) is 58.0 Å². The minimum atomic E-state index is 0.218. The van der Waals surface area contributed by atoms with E-state index in [0.717, 1.165) is 61.1 Å². The summed E-state index contributed by atoms with van der Waals surface area (Å²) < 4.78 is 28.5. The number of methoxy groups -OCH3 is 2. The van der Waals surface area contributed by atoms with Gasteiger partial charge in [0.2, 0.25) is 12.5 Å². The molecule has 0 aliphatic carbocycles. The van der Waals surface area contributed by atoms with Crippen molar-refractivity contribution >= 4 is 11.6 Å². The number of aryl methyl sites for hydroxylation is 2. The molecular weight excluding hydrogens is 526 g/mol. The first-order valence-electron chi connectivity index (χ1n) is 14.1. The summed E-state index contributed by atoms with van der Waals surface area (Å²) in [5.74, 6) is 3.40. The summed E-state index contributed by atoms with van der Waals surface area (Å²) in [4.78, 5) is 2.61. The second-order valence-corrected chi connectivity index (χ2v) is 10.6. The highest BCUT2D eigenvalue weighted by Crippen LogP contribution is 2.46. The van der Waals surface area contributed by atoms with E-state index in [0.29, 0.717) is 24.9 Å². The highest BCUT2D eigenvalue weighted by molar-refractivity contribution is 6.30. The minimum absolute atomic E-state index is 0.218. The largest absolute Gasteiger partial charge is 0.495 e. The van der Waals surface area contributed by atoms with Gasteiger partial charge in [-0.05, 0) is 77.8 Å². The molecule has 2 heterocycles. The first-order valence-corrected chi connectivity index (χ1v) is 14.5. The van der Waals surface area contributed by atoms with E-state index in [1.165, 1.54) is 22.3 Å². The summed E-state index contributed by atoms with van der Waals surface area (Å²) in [6.07, 6.45) is 11.4. The van der Waals surface area contributed by atoms with Gasteiger partial charge < -0.3 is 23.7 Å². The predicted octanol–water partition coefficient (Wildman–Crippen LogP) is 7.24. The lowest BCUT2D eigenvalue weighted by Crippen LogP contribution is -2.30. The molecule has 7 heteroatoms. The summed E-state index contributed by atoms with van der Waals surface area (Å²) >= 11 is 6.50. The van der Waals surface area contributed by atoms with E-state index in [-0.39, 0.29) is 12.8 Å². The van der Waals surface area contributed by atoms with Crippen molar-refractivity contribution in [1.82, 2.24) is 4.90 Å². The molecule has 40 heavy (non-hydrogen) atoms. The maximum atomic E-state index is 6.50. The van der Waals surface area contributed by atoms with Crippen molar-refractivity contribution in [1.29, 1.82) is 0 Å². The topological polar surface area (TPSA) is 49.4 Å². The molecule has 0 spiro atoms. The number of fused-ring (bicyclic) bond motifs is 1. The van der Waals surface area contributed by atoms with E-state index in [2.05, 4.69) is 49.6 Å². The molecule has 2 aromatic rings. The van der Waals surface area contributed by atoms with Crippen molar-refractivity contribution in [2.75, 3.05) is 40.8 Å². The Bertz CT molecular complexity index is 1200. The molecule has 2 aromatic carbocycles. The maximum absolute atomic E-state index is 6.50. The highest BCUT2D eigenvalue weighted by atomic mass is 35.5. The van der Waals surface area contributed by atoms with Crippen LogP contribution in [0.5, 0.6) is 17.2 Å². The number of allylic oxidation sites excluding steroid dienone is 4. The number of nitrogens with zero attached hydrogens (tertiary/aromatic N) is 1. The first kappa shape index (κ1) is 30.0. The van der Waals surface area contributed by atoms with Crippen molar-refractivity contribution in [3.63, 3.8) is 0 Å². The number of halogens is 1. The number of hydrogen-bond acceptors (Lipinski definition) is 6. The molecule has 6 nitrogen and oxygen atoms in total. The summed E-state index contributed by atoms with van der Waals surface area (Å²) in [6, 6.07) is 8.75. The lowest BCUT2D eigenvalue weighted by molar-refractivity contribution is 0.0988. The average molecular weight is 568 g/mol. The van der Waals surface area contributed by atoms with Gasteiger partial charge in [-0.1, -0.05) is 50.3 Å². The first-order chi connectivity index (χ1) is 19.5. The van der Waals surface area contributed by atoms with E-state index < -0.39 is 0 Å². The van der Waals surface area contributed by atoms with Gasteiger partial charge in [0.1, 0.15) is 6.61 Å². The fourth-order valence-corrected chi connectivity index (χ4v) is 5.98. The van der Waals surface area contributed by atoms with Gasteiger partial charge in [-0.2, -0.15) is 0 Å². The molecule has 0 saturated carbocycles. The summed E-state index contributed by atoms with van der Waals surface area (Å²) in [5, 5.41) is 0.812. The number of benzene rings is 2. The monoisotopic (exact) mass is 567 g/mol. The van der Waals surface area contributed by atoms with Crippen LogP contribution in [0.15, 0.2) is 60.9 Å². The Hall–Kier alpha value is -2.93. The van der Waals surface area contributed by atoms with Crippen LogP contribution >= 0.6 is 11.6 Å². The highest BCUT2D eigenvalue weighted by Gasteiger charge is 2.36. The zero-order valence-corrected chi connectivity index (χ0v) is 25.0. The molecular formula is C33H42ClNO5. The third-order valence-electron chi connectivity index (χ3n) is 7.74. The van der Waals surface area contributed by atoms with Crippen LogP contribution in [0.1, 0.15) is 54.9 Å². The lowest BCUT2D eigenvalue weighted by atomic mass is 9.94. The smallest absolute Gasteiger partial charge is 0.231 e. The summed E-state index contributed by atoms with van der Waals surface area (Å²) in [5.41, 5.74) is 5.23. The molecule has 0 unspecified atom stereocenters. The predicted molar refractivity (Wildman–Crippen MR) is 161 cm³/mol. The van der Waals surface area contributed by atoms with Crippen LogP contribution < -0.4 is 14.2 Å². The Morgan fingerprint density at radius 1 is 1.07 bits per heavy atom. The van der Waals surface area contributed by atoms with Crippen LogP contribution in [-0.4, -0.2) is 51.7 Å². The molecule has 0 N–H and O–H groups in total. The zero-order chi connectivity index (χ0) is 28.5. The fraction of sp³-hybridized carbons (Fsp3) is 0.455. The van der Waals surface area contributed by atoms with Gasteiger partial charge in [0.05, 0.1) is 19.5 Å². The minimum Gasteiger partial charge on any atom is -0.495 e. The van der Waals surface area contributed by atoms with E-state index in [4.69, 9.17) is 35.3 Å².